The molecule has 2 aliphatic heterocycles. The topological polar surface area (TPSA) is 3.01 Å². The van der Waals surface area contributed by atoms with Gasteiger partial charge in [0.2, 0.25) is 0 Å². The Hall–Kier alpha value is -0.330. The van der Waals surface area contributed by atoms with E-state index in [9.17, 15) is 0 Å². The van der Waals surface area contributed by atoms with E-state index < -0.39 is 0 Å². The second-order valence-electron chi connectivity index (χ2n) is 4.50. The zero-order valence-corrected chi connectivity index (χ0v) is 8.34. The van der Waals surface area contributed by atoms with Gasteiger partial charge in [0.05, 0.1) is 0 Å². The summed E-state index contributed by atoms with van der Waals surface area (Å²) in [4.78, 5) is 0. The molecule has 0 aromatic heterocycles. The molecule has 0 fully saturated rings. The molecular formula is C11H20N+. The average Bonchev–Trinajstić information content (AvgIpc) is 2.04. The number of hydrogen-bond donors (Lipinski definition) is 0. The highest BCUT2D eigenvalue weighted by molar-refractivity contribution is 5.84. The third-order valence-electron chi connectivity index (χ3n) is 3.51. The molecule has 2 atom stereocenters. The molecule has 0 N–H and O–H groups in total. The van der Waals surface area contributed by atoms with E-state index in [0.29, 0.717) is 0 Å². The molecule has 1 nitrogen and oxygen atoms in total. The van der Waals surface area contributed by atoms with Crippen LogP contribution in [0.3, 0.4) is 0 Å². The smallest absolute Gasteiger partial charge is 0.157 e. The first-order valence-electron chi connectivity index (χ1n) is 5.40. The van der Waals surface area contributed by atoms with Crippen LogP contribution in [0.15, 0.2) is 0 Å². The predicted octanol–water partition coefficient (Wildman–Crippen LogP) is 2.30. The third-order valence-corrected chi connectivity index (χ3v) is 3.51. The Morgan fingerprint density at radius 1 is 1.00 bits per heavy atom. The van der Waals surface area contributed by atoms with E-state index in [-0.39, 0.29) is 0 Å². The van der Waals surface area contributed by atoms with Crippen LogP contribution in [0.25, 0.3) is 0 Å². The summed E-state index contributed by atoms with van der Waals surface area (Å²) in [6.07, 6.45) is 5.68. The monoisotopic (exact) mass is 166 g/mol. The molecular weight excluding hydrogens is 146 g/mol. The normalized spacial score (nSPS) is 36.5. The van der Waals surface area contributed by atoms with Crippen LogP contribution in [0.4, 0.5) is 0 Å². The lowest BCUT2D eigenvalue weighted by Crippen LogP contribution is -2.40. The molecule has 68 valence electrons. The van der Waals surface area contributed by atoms with E-state index in [1.165, 1.54) is 38.8 Å². The first-order chi connectivity index (χ1) is 5.79. The van der Waals surface area contributed by atoms with Crippen molar-refractivity contribution in [1.29, 1.82) is 0 Å². The van der Waals surface area contributed by atoms with Crippen molar-refractivity contribution in [1.82, 2.24) is 0 Å². The van der Waals surface area contributed by atoms with Crippen LogP contribution in [-0.4, -0.2) is 23.4 Å². The largest absolute Gasteiger partial charge is 0.237 e. The number of rotatable bonds is 0. The molecule has 12 heavy (non-hydrogen) atoms. The molecule has 2 rings (SSSR count). The third kappa shape index (κ3) is 1.30. The minimum absolute atomic E-state index is 0.869. The molecule has 0 spiro atoms. The second kappa shape index (κ2) is 3.20. The van der Waals surface area contributed by atoms with Crippen LogP contribution >= 0.6 is 0 Å². The van der Waals surface area contributed by atoms with Crippen molar-refractivity contribution in [3.05, 3.63) is 0 Å². The van der Waals surface area contributed by atoms with Gasteiger partial charge in [-0.25, -0.2) is 4.58 Å². The van der Waals surface area contributed by atoms with E-state index in [2.05, 4.69) is 18.4 Å². The second-order valence-corrected chi connectivity index (χ2v) is 4.50. The summed E-state index contributed by atoms with van der Waals surface area (Å²) < 4.78 is 2.66. The molecule has 0 radical (unpaired) electrons. The van der Waals surface area contributed by atoms with Gasteiger partial charge in [-0.2, -0.15) is 0 Å². The van der Waals surface area contributed by atoms with Crippen molar-refractivity contribution in [3.63, 3.8) is 0 Å². The van der Waals surface area contributed by atoms with Crippen molar-refractivity contribution in [2.45, 2.75) is 39.5 Å². The molecule has 0 aromatic carbocycles. The summed E-state index contributed by atoms with van der Waals surface area (Å²) in [5, 5.41) is 0. The molecule has 0 saturated heterocycles. The van der Waals surface area contributed by atoms with Crippen molar-refractivity contribution in [3.8, 4) is 0 Å². The summed E-state index contributed by atoms with van der Waals surface area (Å²) in [6.45, 7) is 7.49. The van der Waals surface area contributed by atoms with Gasteiger partial charge < -0.3 is 0 Å². The maximum absolute atomic E-state index is 2.66. The Balaban J connectivity index is 2.27. The van der Waals surface area contributed by atoms with E-state index >= 15 is 0 Å². The maximum Gasteiger partial charge on any atom is 0.157 e. The van der Waals surface area contributed by atoms with Crippen LogP contribution in [-0.2, 0) is 0 Å². The predicted molar refractivity (Wildman–Crippen MR) is 51.8 cm³/mol. The van der Waals surface area contributed by atoms with Gasteiger partial charge in [-0.1, -0.05) is 13.8 Å². The van der Waals surface area contributed by atoms with Gasteiger partial charge in [-0.3, -0.25) is 0 Å². The summed E-state index contributed by atoms with van der Waals surface area (Å²) in [6, 6.07) is 0. The molecule has 2 aliphatic rings. The lowest BCUT2D eigenvalue weighted by Gasteiger charge is -2.28. The minimum Gasteiger partial charge on any atom is -0.237 e. The molecule has 0 aliphatic carbocycles. The summed E-state index contributed by atoms with van der Waals surface area (Å²) in [7, 11) is 0. The van der Waals surface area contributed by atoms with Crippen LogP contribution in [0, 0.1) is 11.8 Å². The lowest BCUT2D eigenvalue weighted by molar-refractivity contribution is -0.542. The fourth-order valence-corrected chi connectivity index (χ4v) is 2.95. The highest BCUT2D eigenvalue weighted by Crippen LogP contribution is 2.25. The Kier molecular flexibility index (Phi) is 2.20. The Bertz CT molecular complexity index is 185. The van der Waals surface area contributed by atoms with Gasteiger partial charge in [0.15, 0.2) is 5.71 Å². The quantitative estimate of drug-likeness (QED) is 0.486. The SMILES string of the molecule is CC1CCC[N+]2=C1C(C)CCC2. The maximum atomic E-state index is 2.66. The van der Waals surface area contributed by atoms with Gasteiger partial charge in [0.25, 0.3) is 0 Å². The Labute approximate surface area is 75.5 Å². The molecule has 0 aromatic rings. The fourth-order valence-electron chi connectivity index (χ4n) is 2.95. The highest BCUT2D eigenvalue weighted by Gasteiger charge is 2.33. The molecule has 2 unspecified atom stereocenters. The van der Waals surface area contributed by atoms with E-state index in [0.717, 1.165) is 11.8 Å². The Morgan fingerprint density at radius 2 is 1.50 bits per heavy atom. The number of nitrogens with zero attached hydrogens (tertiary/aromatic N) is 1. The molecule has 1 heteroatoms. The summed E-state index contributed by atoms with van der Waals surface area (Å²) in [5.41, 5.74) is 1.77. The summed E-state index contributed by atoms with van der Waals surface area (Å²) in [5.74, 6) is 1.74. The molecule has 2 heterocycles. The highest BCUT2D eigenvalue weighted by atomic mass is 15.0. The van der Waals surface area contributed by atoms with Crippen LogP contribution < -0.4 is 0 Å². The van der Waals surface area contributed by atoms with Gasteiger partial charge in [-0.05, 0) is 12.8 Å². The lowest BCUT2D eigenvalue weighted by atomic mass is 9.83. The van der Waals surface area contributed by atoms with E-state index in [1.807, 2.05) is 0 Å². The Morgan fingerprint density at radius 3 is 1.92 bits per heavy atom. The first-order valence-corrected chi connectivity index (χ1v) is 5.40. The minimum atomic E-state index is 0.869. The van der Waals surface area contributed by atoms with Gasteiger partial charge in [0.1, 0.15) is 13.1 Å². The van der Waals surface area contributed by atoms with Crippen LogP contribution in [0.5, 0.6) is 0 Å². The zero-order chi connectivity index (χ0) is 8.55. The van der Waals surface area contributed by atoms with Gasteiger partial charge >= 0.3 is 0 Å². The van der Waals surface area contributed by atoms with Crippen LogP contribution in [0.2, 0.25) is 0 Å². The van der Waals surface area contributed by atoms with E-state index in [4.69, 9.17) is 0 Å². The molecule has 0 bridgehead atoms. The molecule has 0 saturated carbocycles. The van der Waals surface area contributed by atoms with E-state index in [1.54, 1.807) is 5.71 Å². The van der Waals surface area contributed by atoms with Crippen molar-refractivity contribution < 1.29 is 4.58 Å². The molecule has 0 amide bonds. The summed E-state index contributed by atoms with van der Waals surface area (Å²) >= 11 is 0. The van der Waals surface area contributed by atoms with Gasteiger partial charge in [0, 0.05) is 24.7 Å². The van der Waals surface area contributed by atoms with Gasteiger partial charge in [-0.15, -0.1) is 0 Å². The fraction of sp³-hybridized carbons (Fsp3) is 0.909. The zero-order valence-electron chi connectivity index (χ0n) is 8.34. The van der Waals surface area contributed by atoms with Crippen LogP contribution in [0.1, 0.15) is 39.5 Å². The number of hydrogen-bond acceptors (Lipinski definition) is 0. The standard InChI is InChI=1S/C11H20N/c1-9-5-3-7-12-8-4-6-10(2)11(9)12/h9-10H,3-8H2,1-2H3/q+1. The van der Waals surface area contributed by atoms with Crippen molar-refractivity contribution >= 4 is 5.71 Å². The first kappa shape index (κ1) is 8.28. The van der Waals surface area contributed by atoms with Crippen molar-refractivity contribution in [2.75, 3.05) is 13.1 Å². The van der Waals surface area contributed by atoms with Crippen molar-refractivity contribution in [2.24, 2.45) is 11.8 Å². The average molecular weight is 166 g/mol.